The third-order valence-corrected chi connectivity index (χ3v) is 5.59. The molecule has 10 heteroatoms. The third-order valence-electron chi connectivity index (χ3n) is 3.21. The van der Waals surface area contributed by atoms with E-state index in [4.69, 9.17) is 0 Å². The molecule has 144 valence electrons. The van der Waals surface area contributed by atoms with E-state index in [1.165, 1.54) is 23.3 Å². The lowest BCUT2D eigenvalue weighted by molar-refractivity contribution is 0.581. The van der Waals surface area contributed by atoms with E-state index in [-0.39, 0.29) is 35.4 Å². The number of pyridine rings is 1. The Balaban J connectivity index is 0.00000338. The van der Waals surface area contributed by atoms with E-state index >= 15 is 0 Å². The molecule has 0 atom stereocenters. The van der Waals surface area contributed by atoms with Gasteiger partial charge in [0.05, 0.1) is 6.54 Å². The molecular weight excluding hydrogens is 485 g/mol. The summed E-state index contributed by atoms with van der Waals surface area (Å²) in [5.74, 6) is 0.680. The van der Waals surface area contributed by atoms with Crippen LogP contribution in [-0.2, 0) is 16.4 Å². The second kappa shape index (κ2) is 12.2. The maximum absolute atomic E-state index is 12.1. The van der Waals surface area contributed by atoms with Gasteiger partial charge in [-0.2, -0.15) is 0 Å². The number of nitrogens with zero attached hydrogens (tertiary/aromatic N) is 2. The summed E-state index contributed by atoms with van der Waals surface area (Å²) in [6.45, 7) is 4.06. The van der Waals surface area contributed by atoms with E-state index < -0.39 is 10.0 Å². The van der Waals surface area contributed by atoms with Crippen molar-refractivity contribution >= 4 is 51.3 Å². The Labute approximate surface area is 175 Å². The van der Waals surface area contributed by atoms with Crippen LogP contribution in [0.4, 0.5) is 0 Å². The Morgan fingerprint density at radius 1 is 1.23 bits per heavy atom. The molecule has 0 aromatic carbocycles. The fourth-order valence-corrected chi connectivity index (χ4v) is 3.73. The summed E-state index contributed by atoms with van der Waals surface area (Å²) in [7, 11) is -3.54. The molecule has 0 bridgehead atoms. The van der Waals surface area contributed by atoms with E-state index in [2.05, 4.69) is 36.8 Å². The lowest BCUT2D eigenvalue weighted by Gasteiger charge is -2.11. The molecule has 2 heterocycles. The van der Waals surface area contributed by atoms with Gasteiger partial charge in [0.1, 0.15) is 4.90 Å². The summed E-state index contributed by atoms with van der Waals surface area (Å²) in [5.41, 5.74) is 0. The molecular formula is C16H24IN5O2S2. The number of aromatic nitrogens is 1. The van der Waals surface area contributed by atoms with Crippen molar-refractivity contribution in [3.63, 3.8) is 0 Å². The van der Waals surface area contributed by atoms with Crippen molar-refractivity contribution in [2.75, 3.05) is 26.2 Å². The topological polar surface area (TPSA) is 95.5 Å². The van der Waals surface area contributed by atoms with Gasteiger partial charge < -0.3 is 10.6 Å². The number of thiophene rings is 1. The van der Waals surface area contributed by atoms with Crippen LogP contribution in [-0.4, -0.2) is 45.5 Å². The van der Waals surface area contributed by atoms with Crippen molar-refractivity contribution in [1.82, 2.24) is 20.3 Å². The Bertz CT molecular complexity index is 752. The van der Waals surface area contributed by atoms with Crippen LogP contribution in [0, 0.1) is 0 Å². The summed E-state index contributed by atoms with van der Waals surface area (Å²) in [6, 6.07) is 7.24. The first-order valence-electron chi connectivity index (χ1n) is 8.06. The number of hydrogen-bond donors (Lipinski definition) is 3. The van der Waals surface area contributed by atoms with Crippen LogP contribution in [0.2, 0.25) is 0 Å². The summed E-state index contributed by atoms with van der Waals surface area (Å²) in [6.07, 6.45) is 3.78. The van der Waals surface area contributed by atoms with Gasteiger partial charge in [-0.15, -0.1) is 35.3 Å². The zero-order chi connectivity index (χ0) is 18.0. The van der Waals surface area contributed by atoms with Crippen molar-refractivity contribution in [3.05, 3.63) is 46.9 Å². The highest BCUT2D eigenvalue weighted by Crippen LogP contribution is 2.08. The van der Waals surface area contributed by atoms with Gasteiger partial charge in [0.15, 0.2) is 5.96 Å². The molecule has 0 saturated carbocycles. The number of aliphatic imine (C=N–C) groups is 1. The van der Waals surface area contributed by atoms with Gasteiger partial charge >= 0.3 is 0 Å². The molecule has 0 aliphatic heterocycles. The number of halogens is 1. The van der Waals surface area contributed by atoms with Gasteiger partial charge in [-0.05, 0) is 36.9 Å². The predicted molar refractivity (Wildman–Crippen MR) is 117 cm³/mol. The largest absolute Gasteiger partial charge is 0.357 e. The minimum absolute atomic E-state index is 0. The van der Waals surface area contributed by atoms with Gasteiger partial charge in [0.2, 0.25) is 10.0 Å². The summed E-state index contributed by atoms with van der Waals surface area (Å²) >= 11 is 1.73. The zero-order valence-corrected chi connectivity index (χ0v) is 18.5. The minimum atomic E-state index is -3.54. The fourth-order valence-electron chi connectivity index (χ4n) is 2.04. The van der Waals surface area contributed by atoms with Crippen LogP contribution >= 0.6 is 35.3 Å². The first kappa shape index (κ1) is 22.8. The van der Waals surface area contributed by atoms with E-state index in [0.717, 1.165) is 19.5 Å². The van der Waals surface area contributed by atoms with Crippen LogP contribution < -0.4 is 15.4 Å². The molecule has 2 aromatic heterocycles. The van der Waals surface area contributed by atoms with Gasteiger partial charge in [-0.25, -0.2) is 13.1 Å². The summed E-state index contributed by atoms with van der Waals surface area (Å²) in [4.78, 5) is 9.67. The number of rotatable bonds is 9. The maximum Gasteiger partial charge on any atom is 0.242 e. The standard InChI is InChI=1S/C16H23N5O2S2.HI/c1-2-18-16(19-9-7-14-5-4-12-24-14)20-10-11-21-25(22,23)15-6-3-8-17-13-15;/h3-6,8,12-13,21H,2,7,9-11H2,1H3,(H2,18,19,20);1H. The smallest absolute Gasteiger partial charge is 0.242 e. The monoisotopic (exact) mass is 509 g/mol. The average Bonchev–Trinajstić information content (AvgIpc) is 3.13. The van der Waals surface area contributed by atoms with Crippen LogP contribution in [0.3, 0.4) is 0 Å². The van der Waals surface area contributed by atoms with E-state index in [1.54, 1.807) is 17.4 Å². The molecule has 0 amide bonds. The van der Waals surface area contributed by atoms with E-state index in [1.807, 2.05) is 13.0 Å². The molecule has 0 fully saturated rings. The molecule has 7 nitrogen and oxygen atoms in total. The van der Waals surface area contributed by atoms with Crippen molar-refractivity contribution in [2.24, 2.45) is 4.99 Å². The molecule has 0 radical (unpaired) electrons. The highest BCUT2D eigenvalue weighted by Gasteiger charge is 2.12. The minimum Gasteiger partial charge on any atom is -0.357 e. The number of hydrogen-bond acceptors (Lipinski definition) is 5. The van der Waals surface area contributed by atoms with Gasteiger partial charge in [-0.3, -0.25) is 9.98 Å². The number of sulfonamides is 1. The number of nitrogens with one attached hydrogen (secondary N) is 3. The molecule has 0 unspecified atom stereocenters. The first-order valence-corrected chi connectivity index (χ1v) is 10.4. The third kappa shape index (κ3) is 7.98. The SMILES string of the molecule is CCNC(=NCCNS(=O)(=O)c1cccnc1)NCCc1cccs1.I. The maximum atomic E-state index is 12.1. The molecule has 0 aliphatic rings. The average molecular weight is 509 g/mol. The van der Waals surface area contributed by atoms with Crippen LogP contribution in [0.15, 0.2) is 51.9 Å². The molecule has 2 aromatic rings. The molecule has 3 N–H and O–H groups in total. The van der Waals surface area contributed by atoms with Gasteiger partial charge in [0.25, 0.3) is 0 Å². The fraction of sp³-hybridized carbons (Fsp3) is 0.375. The Morgan fingerprint density at radius 2 is 2.08 bits per heavy atom. The lowest BCUT2D eigenvalue weighted by atomic mass is 10.3. The molecule has 2 rings (SSSR count). The highest BCUT2D eigenvalue weighted by atomic mass is 127. The van der Waals surface area contributed by atoms with Gasteiger partial charge in [-0.1, -0.05) is 6.07 Å². The molecule has 0 aliphatic carbocycles. The predicted octanol–water partition coefficient (Wildman–Crippen LogP) is 1.84. The quantitative estimate of drug-likeness (QED) is 0.208. The van der Waals surface area contributed by atoms with Crippen LogP contribution in [0.1, 0.15) is 11.8 Å². The molecule has 26 heavy (non-hydrogen) atoms. The van der Waals surface area contributed by atoms with Crippen molar-refractivity contribution in [2.45, 2.75) is 18.2 Å². The highest BCUT2D eigenvalue weighted by molar-refractivity contribution is 14.0. The molecule has 0 spiro atoms. The van der Waals surface area contributed by atoms with E-state index in [0.29, 0.717) is 12.5 Å². The van der Waals surface area contributed by atoms with Crippen LogP contribution in [0.5, 0.6) is 0 Å². The second-order valence-electron chi connectivity index (χ2n) is 5.10. The summed E-state index contributed by atoms with van der Waals surface area (Å²) < 4.78 is 26.7. The zero-order valence-electron chi connectivity index (χ0n) is 14.5. The lowest BCUT2D eigenvalue weighted by Crippen LogP contribution is -2.39. The van der Waals surface area contributed by atoms with Crippen LogP contribution in [0.25, 0.3) is 0 Å². The molecule has 0 saturated heterocycles. The normalized spacial score (nSPS) is 11.7. The Morgan fingerprint density at radius 3 is 2.73 bits per heavy atom. The van der Waals surface area contributed by atoms with E-state index in [9.17, 15) is 8.42 Å². The Hall–Kier alpha value is -1.24. The number of guanidine groups is 1. The van der Waals surface area contributed by atoms with Crippen molar-refractivity contribution < 1.29 is 8.42 Å². The summed E-state index contributed by atoms with van der Waals surface area (Å²) in [5, 5.41) is 8.45. The van der Waals surface area contributed by atoms with Crippen molar-refractivity contribution in [3.8, 4) is 0 Å². The first-order chi connectivity index (χ1) is 12.1. The van der Waals surface area contributed by atoms with Gasteiger partial charge in [0, 0.05) is 36.9 Å². The second-order valence-corrected chi connectivity index (χ2v) is 7.90. The Kier molecular flexibility index (Phi) is 10.7. The van der Waals surface area contributed by atoms with Crippen molar-refractivity contribution in [1.29, 1.82) is 0 Å².